The van der Waals surface area contributed by atoms with Crippen molar-refractivity contribution in [1.29, 1.82) is 0 Å². The summed E-state index contributed by atoms with van der Waals surface area (Å²) in [4.78, 5) is 14.5. The predicted octanol–water partition coefficient (Wildman–Crippen LogP) is 0.883. The Morgan fingerprint density at radius 2 is 2.64 bits per heavy atom. The van der Waals surface area contributed by atoms with Gasteiger partial charge in [-0.25, -0.2) is 4.98 Å². The highest BCUT2D eigenvalue weighted by atomic mass is 16.4. The monoisotopic (exact) mass is 194 g/mol. The Morgan fingerprint density at radius 3 is 3.36 bits per heavy atom. The van der Waals surface area contributed by atoms with Gasteiger partial charge in [-0.05, 0) is 19.4 Å². The lowest BCUT2D eigenvalue weighted by Crippen LogP contribution is -2.28. The third-order valence-electron chi connectivity index (χ3n) is 2.50. The summed E-state index contributed by atoms with van der Waals surface area (Å²) in [5, 5.41) is 3.31. The van der Waals surface area contributed by atoms with E-state index in [9.17, 15) is 4.79 Å². The fraction of sp³-hybridized carbons (Fsp3) is 0.600. The smallest absolute Gasteiger partial charge is 0.198 e. The molecule has 0 spiro atoms. The summed E-state index contributed by atoms with van der Waals surface area (Å²) >= 11 is 0. The Bertz CT molecular complexity index is 303. The second kappa shape index (κ2) is 4.37. The zero-order valence-electron chi connectivity index (χ0n) is 8.03. The lowest BCUT2D eigenvalue weighted by atomic mass is 10.00. The third kappa shape index (κ3) is 2.01. The molecular weight excluding hydrogens is 180 g/mol. The average molecular weight is 194 g/mol. The van der Waals surface area contributed by atoms with Gasteiger partial charge in [-0.15, -0.1) is 0 Å². The van der Waals surface area contributed by atoms with Gasteiger partial charge in [0, 0.05) is 12.5 Å². The molecule has 0 amide bonds. The molecule has 0 saturated carbocycles. The summed E-state index contributed by atoms with van der Waals surface area (Å²) in [5.74, 6) is 1.82. The van der Waals surface area contributed by atoms with E-state index >= 15 is 0 Å². The van der Waals surface area contributed by atoms with Gasteiger partial charge in [0.2, 0.25) is 0 Å². The van der Waals surface area contributed by atoms with E-state index in [2.05, 4.69) is 10.3 Å². The van der Waals surface area contributed by atoms with E-state index in [0.717, 1.165) is 38.1 Å². The van der Waals surface area contributed by atoms with E-state index in [-0.39, 0.29) is 0 Å². The molecule has 2 rings (SSSR count). The van der Waals surface area contributed by atoms with E-state index in [0.29, 0.717) is 18.1 Å². The maximum atomic E-state index is 10.3. The van der Waals surface area contributed by atoms with Crippen molar-refractivity contribution < 1.29 is 9.21 Å². The van der Waals surface area contributed by atoms with Crippen LogP contribution in [0.1, 0.15) is 30.4 Å². The van der Waals surface area contributed by atoms with Crippen LogP contribution >= 0.6 is 0 Å². The highest BCUT2D eigenvalue weighted by Gasteiger charge is 2.19. The molecule has 0 aromatic carbocycles. The quantitative estimate of drug-likeness (QED) is 0.726. The number of hydrogen-bond acceptors (Lipinski definition) is 4. The van der Waals surface area contributed by atoms with Crippen LogP contribution in [-0.4, -0.2) is 24.4 Å². The third-order valence-corrected chi connectivity index (χ3v) is 2.50. The van der Waals surface area contributed by atoms with Crippen LogP contribution in [0.5, 0.6) is 0 Å². The number of piperidine rings is 1. The number of hydrogen-bond donors (Lipinski definition) is 1. The maximum absolute atomic E-state index is 10.3. The van der Waals surface area contributed by atoms with Crippen LogP contribution in [0, 0.1) is 0 Å². The van der Waals surface area contributed by atoms with Crippen molar-refractivity contribution in [2.45, 2.75) is 25.2 Å². The van der Waals surface area contributed by atoms with Gasteiger partial charge in [0.05, 0.1) is 12.6 Å². The number of aromatic nitrogens is 1. The molecule has 0 aliphatic carbocycles. The molecule has 1 unspecified atom stereocenters. The molecule has 1 atom stereocenters. The number of nitrogens with one attached hydrogen (secondary N) is 1. The van der Waals surface area contributed by atoms with E-state index in [1.54, 1.807) is 6.20 Å². The maximum Gasteiger partial charge on any atom is 0.198 e. The molecule has 1 aliphatic heterocycles. The number of oxazole rings is 1. The number of rotatable bonds is 3. The first kappa shape index (κ1) is 9.40. The van der Waals surface area contributed by atoms with Crippen molar-refractivity contribution in [3.05, 3.63) is 17.8 Å². The van der Waals surface area contributed by atoms with Crippen molar-refractivity contribution in [1.82, 2.24) is 10.3 Å². The zero-order valence-corrected chi connectivity index (χ0v) is 8.03. The number of carbonyl (C=O) groups excluding carboxylic acids is 1. The second-order valence-corrected chi connectivity index (χ2v) is 3.58. The fourth-order valence-electron chi connectivity index (χ4n) is 1.75. The van der Waals surface area contributed by atoms with Crippen molar-refractivity contribution >= 4 is 6.29 Å². The van der Waals surface area contributed by atoms with Gasteiger partial charge >= 0.3 is 0 Å². The summed E-state index contributed by atoms with van der Waals surface area (Å²) in [6.07, 6.45) is 5.10. The summed E-state index contributed by atoms with van der Waals surface area (Å²) < 4.78 is 5.48. The van der Waals surface area contributed by atoms with Gasteiger partial charge < -0.3 is 14.5 Å². The first-order chi connectivity index (χ1) is 6.90. The van der Waals surface area contributed by atoms with Gasteiger partial charge in [0.25, 0.3) is 0 Å². The van der Waals surface area contributed by atoms with Crippen LogP contribution in [0.3, 0.4) is 0 Å². The van der Waals surface area contributed by atoms with Crippen LogP contribution in [0.2, 0.25) is 0 Å². The molecular formula is C10H14N2O2. The predicted molar refractivity (Wildman–Crippen MR) is 51.1 cm³/mol. The first-order valence-electron chi connectivity index (χ1n) is 4.99. The number of nitrogens with zero attached hydrogens (tertiary/aromatic N) is 1. The molecule has 1 saturated heterocycles. The van der Waals surface area contributed by atoms with Gasteiger partial charge in [0.1, 0.15) is 12.0 Å². The average Bonchev–Trinajstić information content (AvgIpc) is 2.68. The van der Waals surface area contributed by atoms with Crippen LogP contribution in [0.15, 0.2) is 10.6 Å². The minimum atomic E-state index is 0.327. The summed E-state index contributed by atoms with van der Waals surface area (Å²) in [6, 6.07) is 0. The lowest BCUT2D eigenvalue weighted by Gasteiger charge is -2.19. The molecule has 14 heavy (non-hydrogen) atoms. The van der Waals surface area contributed by atoms with Crippen LogP contribution in [0.4, 0.5) is 0 Å². The lowest BCUT2D eigenvalue weighted by molar-refractivity contribution is -0.107. The van der Waals surface area contributed by atoms with E-state index in [4.69, 9.17) is 4.42 Å². The van der Waals surface area contributed by atoms with Crippen molar-refractivity contribution in [2.24, 2.45) is 0 Å². The van der Waals surface area contributed by atoms with Crippen LogP contribution < -0.4 is 5.32 Å². The molecule has 4 heteroatoms. The van der Waals surface area contributed by atoms with Crippen molar-refractivity contribution in [2.75, 3.05) is 13.1 Å². The number of aldehydes is 1. The van der Waals surface area contributed by atoms with Gasteiger partial charge in [-0.3, -0.25) is 0 Å². The van der Waals surface area contributed by atoms with Crippen LogP contribution in [-0.2, 0) is 11.2 Å². The minimum absolute atomic E-state index is 0.327. The molecule has 0 radical (unpaired) electrons. The Labute approximate surface area is 82.7 Å². The molecule has 76 valence electrons. The summed E-state index contributed by atoms with van der Waals surface area (Å²) in [6.45, 7) is 2.01. The highest BCUT2D eigenvalue weighted by molar-refractivity contribution is 5.52. The Balaban J connectivity index is 2.03. The normalized spacial score (nSPS) is 22.1. The van der Waals surface area contributed by atoms with Gasteiger partial charge in [0.15, 0.2) is 5.89 Å². The molecule has 4 nitrogen and oxygen atoms in total. The molecule has 1 aromatic rings. The van der Waals surface area contributed by atoms with E-state index in [1.165, 1.54) is 0 Å². The Kier molecular flexibility index (Phi) is 2.93. The molecule has 1 fully saturated rings. The fourth-order valence-corrected chi connectivity index (χ4v) is 1.75. The summed E-state index contributed by atoms with van der Waals surface area (Å²) in [5.41, 5.74) is 0. The second-order valence-electron chi connectivity index (χ2n) is 3.58. The van der Waals surface area contributed by atoms with Crippen molar-refractivity contribution in [3.63, 3.8) is 0 Å². The molecule has 1 aliphatic rings. The topological polar surface area (TPSA) is 55.1 Å². The Morgan fingerprint density at radius 1 is 1.71 bits per heavy atom. The number of carbonyl (C=O) groups is 1. The standard InChI is InChI=1S/C10H14N2O2/c13-5-3-9-7-12-10(14-9)8-2-1-4-11-6-8/h5,7-8,11H,1-4,6H2. The van der Waals surface area contributed by atoms with E-state index < -0.39 is 0 Å². The van der Waals surface area contributed by atoms with Crippen molar-refractivity contribution in [3.8, 4) is 0 Å². The van der Waals surface area contributed by atoms with E-state index in [1.807, 2.05) is 0 Å². The van der Waals surface area contributed by atoms with Gasteiger partial charge in [-0.2, -0.15) is 0 Å². The molecule has 1 aromatic heterocycles. The zero-order chi connectivity index (χ0) is 9.80. The first-order valence-corrected chi connectivity index (χ1v) is 4.99. The summed E-state index contributed by atoms with van der Waals surface area (Å²) in [7, 11) is 0. The highest BCUT2D eigenvalue weighted by Crippen LogP contribution is 2.22. The van der Waals surface area contributed by atoms with Crippen LogP contribution in [0.25, 0.3) is 0 Å². The largest absolute Gasteiger partial charge is 0.445 e. The minimum Gasteiger partial charge on any atom is -0.445 e. The molecule has 1 N–H and O–H groups in total. The van der Waals surface area contributed by atoms with Gasteiger partial charge in [-0.1, -0.05) is 0 Å². The Hall–Kier alpha value is -1.16. The molecule has 0 bridgehead atoms. The molecule has 2 heterocycles. The SMILES string of the molecule is O=CCc1cnc(C2CCCNC2)o1.